The first-order valence-electron chi connectivity index (χ1n) is 9.52. The number of aromatic nitrogens is 5. The molecule has 0 aliphatic heterocycles. The molecule has 11 heteroatoms. The lowest BCUT2D eigenvalue weighted by Crippen LogP contribution is -2.25. The molecule has 1 aliphatic rings. The van der Waals surface area contributed by atoms with Gasteiger partial charge >= 0.3 is 0 Å². The highest BCUT2D eigenvalue weighted by Gasteiger charge is 2.31. The molecule has 1 saturated carbocycles. The monoisotopic (exact) mass is 443 g/mol. The van der Waals surface area contributed by atoms with Crippen molar-refractivity contribution in [2.45, 2.75) is 24.0 Å². The van der Waals surface area contributed by atoms with Gasteiger partial charge in [-0.15, -0.1) is 11.3 Å². The van der Waals surface area contributed by atoms with E-state index in [9.17, 15) is 8.42 Å². The van der Waals surface area contributed by atoms with E-state index in [2.05, 4.69) is 15.1 Å². The van der Waals surface area contributed by atoms with Gasteiger partial charge in [0.25, 0.3) is 0 Å². The summed E-state index contributed by atoms with van der Waals surface area (Å²) in [5.74, 6) is 7.34. The molecule has 4 aromatic heterocycles. The first-order valence-corrected chi connectivity index (χ1v) is 12.0. The lowest BCUT2D eigenvalue weighted by molar-refractivity contribution is 0.594. The van der Waals surface area contributed by atoms with Gasteiger partial charge in [-0.1, -0.05) is 0 Å². The molecular weight excluding hydrogens is 422 g/mol. The number of hydrazine groups is 1. The Morgan fingerprint density at radius 3 is 2.80 bits per heavy atom. The van der Waals surface area contributed by atoms with Crippen LogP contribution < -0.4 is 10.9 Å². The molecule has 0 unspecified atom stereocenters. The van der Waals surface area contributed by atoms with E-state index in [0.29, 0.717) is 32.2 Å². The Bertz CT molecular complexity index is 1350. The highest BCUT2D eigenvalue weighted by atomic mass is 32.2. The maximum atomic E-state index is 12.8. The van der Waals surface area contributed by atoms with Crippen LogP contribution in [0.2, 0.25) is 0 Å². The van der Waals surface area contributed by atoms with Crippen molar-refractivity contribution in [3.05, 3.63) is 42.6 Å². The minimum Gasteiger partial charge on any atom is -0.295 e. The smallest absolute Gasteiger partial charge is 0.192 e. The topological polar surface area (TPSA) is 111 Å². The summed E-state index contributed by atoms with van der Waals surface area (Å²) in [5.41, 5.74) is 3.07. The Morgan fingerprint density at radius 2 is 2.10 bits per heavy atom. The highest BCUT2D eigenvalue weighted by Crippen LogP contribution is 2.39. The van der Waals surface area contributed by atoms with Gasteiger partial charge < -0.3 is 0 Å². The second-order valence-electron chi connectivity index (χ2n) is 7.64. The molecule has 0 saturated heterocycles. The van der Waals surface area contributed by atoms with Crippen LogP contribution in [0.15, 0.2) is 41.3 Å². The summed E-state index contributed by atoms with van der Waals surface area (Å²) in [6, 6.07) is 1.79. The van der Waals surface area contributed by atoms with E-state index >= 15 is 0 Å². The fourth-order valence-corrected chi connectivity index (χ4v) is 6.95. The van der Waals surface area contributed by atoms with Gasteiger partial charge in [0.05, 0.1) is 23.8 Å². The second kappa shape index (κ2) is 6.89. The van der Waals surface area contributed by atoms with Crippen molar-refractivity contribution in [2.75, 3.05) is 10.8 Å². The standard InChI is InChI=1S/C19H21N7O2S2/c1-12-7-16(29-19(12)30(27,28)11-13-3-4-13)26(20)18-17-22-9-15(25(17)6-5-21-18)14-8-23-24(2)10-14/h5-10,13H,3-4,11,20H2,1-2H3. The molecule has 4 heterocycles. The molecule has 0 bridgehead atoms. The minimum atomic E-state index is -3.31. The summed E-state index contributed by atoms with van der Waals surface area (Å²) >= 11 is 1.18. The van der Waals surface area contributed by atoms with Crippen molar-refractivity contribution in [3.8, 4) is 11.3 Å². The van der Waals surface area contributed by atoms with Crippen molar-refractivity contribution in [1.82, 2.24) is 24.1 Å². The molecule has 0 atom stereocenters. The van der Waals surface area contributed by atoms with Gasteiger partial charge in [0, 0.05) is 31.2 Å². The molecule has 156 valence electrons. The predicted octanol–water partition coefficient (Wildman–Crippen LogP) is 2.70. The average molecular weight is 444 g/mol. The quantitative estimate of drug-likeness (QED) is 0.360. The fourth-order valence-electron chi connectivity index (χ4n) is 3.49. The van der Waals surface area contributed by atoms with E-state index in [1.165, 1.54) is 16.3 Å². The lowest BCUT2D eigenvalue weighted by atomic mass is 10.3. The summed E-state index contributed by atoms with van der Waals surface area (Å²) in [4.78, 5) is 8.91. The zero-order valence-corrected chi connectivity index (χ0v) is 18.2. The van der Waals surface area contributed by atoms with Gasteiger partial charge in [-0.05, 0) is 37.3 Å². The Labute approximate surface area is 177 Å². The maximum absolute atomic E-state index is 12.8. The van der Waals surface area contributed by atoms with E-state index in [1.807, 2.05) is 23.8 Å². The SMILES string of the molecule is Cc1cc(N(N)c2nccn3c(-c4cnn(C)c4)cnc23)sc1S(=O)(=O)CC1CC1. The maximum Gasteiger partial charge on any atom is 0.192 e. The molecule has 30 heavy (non-hydrogen) atoms. The molecule has 4 aromatic rings. The number of aryl methyl sites for hydroxylation is 2. The third kappa shape index (κ3) is 3.28. The highest BCUT2D eigenvalue weighted by molar-refractivity contribution is 7.93. The molecule has 9 nitrogen and oxygen atoms in total. The van der Waals surface area contributed by atoms with E-state index in [1.54, 1.807) is 36.3 Å². The number of fused-ring (bicyclic) bond motifs is 1. The summed E-state index contributed by atoms with van der Waals surface area (Å²) in [6.07, 6.45) is 10.9. The number of rotatable bonds is 6. The van der Waals surface area contributed by atoms with E-state index in [-0.39, 0.29) is 5.75 Å². The predicted molar refractivity (Wildman–Crippen MR) is 115 cm³/mol. The Hall–Kier alpha value is -2.76. The number of imidazole rings is 1. The molecular formula is C19H21N7O2S2. The number of hydrogen-bond acceptors (Lipinski definition) is 8. The second-order valence-corrected chi connectivity index (χ2v) is 10.9. The van der Waals surface area contributed by atoms with Crippen molar-refractivity contribution >= 4 is 37.6 Å². The van der Waals surface area contributed by atoms with Crippen molar-refractivity contribution in [3.63, 3.8) is 0 Å². The van der Waals surface area contributed by atoms with Crippen LogP contribution in [-0.2, 0) is 16.9 Å². The number of thiophene rings is 1. The Morgan fingerprint density at radius 1 is 1.30 bits per heavy atom. The van der Waals surface area contributed by atoms with Gasteiger partial charge in [0.2, 0.25) is 0 Å². The zero-order valence-electron chi connectivity index (χ0n) is 16.6. The summed E-state index contributed by atoms with van der Waals surface area (Å²) in [5, 5.41) is 6.23. The van der Waals surface area contributed by atoms with Crippen LogP contribution in [0.1, 0.15) is 18.4 Å². The van der Waals surface area contributed by atoms with Crippen molar-refractivity contribution in [1.29, 1.82) is 0 Å². The third-order valence-corrected chi connectivity index (χ3v) is 9.01. The Kier molecular flexibility index (Phi) is 4.42. The Balaban J connectivity index is 1.53. The zero-order chi connectivity index (χ0) is 21.0. The number of nitrogens with two attached hydrogens (primary N) is 1. The summed E-state index contributed by atoms with van der Waals surface area (Å²) < 4.78 is 29.5. The van der Waals surface area contributed by atoms with Crippen LogP contribution in [-0.4, -0.2) is 38.3 Å². The van der Waals surface area contributed by atoms with Crippen LogP contribution in [0, 0.1) is 12.8 Å². The number of sulfone groups is 1. The van der Waals surface area contributed by atoms with Gasteiger partial charge in [-0.25, -0.2) is 29.2 Å². The molecule has 2 N–H and O–H groups in total. The van der Waals surface area contributed by atoms with Gasteiger partial charge in [-0.3, -0.25) is 9.08 Å². The molecule has 1 aliphatic carbocycles. The number of anilines is 2. The van der Waals surface area contributed by atoms with Crippen LogP contribution in [0.3, 0.4) is 0 Å². The normalized spacial score (nSPS) is 14.5. The van der Waals surface area contributed by atoms with E-state index < -0.39 is 9.84 Å². The molecule has 0 radical (unpaired) electrons. The van der Waals surface area contributed by atoms with Crippen LogP contribution >= 0.6 is 11.3 Å². The van der Waals surface area contributed by atoms with Gasteiger partial charge in [0.15, 0.2) is 21.3 Å². The van der Waals surface area contributed by atoms with E-state index in [0.717, 1.165) is 24.1 Å². The minimum absolute atomic E-state index is 0.209. The molecule has 1 fully saturated rings. The summed E-state index contributed by atoms with van der Waals surface area (Å²) in [7, 11) is -1.45. The van der Waals surface area contributed by atoms with Crippen LogP contribution in [0.5, 0.6) is 0 Å². The van der Waals surface area contributed by atoms with E-state index in [4.69, 9.17) is 5.84 Å². The largest absolute Gasteiger partial charge is 0.295 e. The van der Waals surface area contributed by atoms with Crippen LogP contribution in [0.25, 0.3) is 16.9 Å². The molecule has 5 rings (SSSR count). The molecule has 0 amide bonds. The first kappa shape index (κ1) is 19.2. The van der Waals surface area contributed by atoms with Crippen molar-refractivity contribution in [2.24, 2.45) is 18.8 Å². The number of hydrogen-bond donors (Lipinski definition) is 1. The average Bonchev–Trinajstić information content (AvgIpc) is 3.07. The third-order valence-electron chi connectivity index (χ3n) is 5.17. The molecule has 0 aromatic carbocycles. The molecule has 0 spiro atoms. The van der Waals surface area contributed by atoms with Crippen molar-refractivity contribution < 1.29 is 8.42 Å². The number of nitrogens with zero attached hydrogens (tertiary/aromatic N) is 6. The fraction of sp³-hybridized carbons (Fsp3) is 0.316. The van der Waals surface area contributed by atoms with Gasteiger partial charge in [0.1, 0.15) is 9.21 Å². The van der Waals surface area contributed by atoms with Crippen LogP contribution in [0.4, 0.5) is 10.8 Å². The lowest BCUT2D eigenvalue weighted by Gasteiger charge is -2.15. The first-order chi connectivity index (χ1) is 14.3. The summed E-state index contributed by atoms with van der Waals surface area (Å²) in [6.45, 7) is 1.80. The van der Waals surface area contributed by atoms with Gasteiger partial charge in [-0.2, -0.15) is 5.10 Å².